The van der Waals surface area contributed by atoms with Crippen molar-refractivity contribution in [2.24, 2.45) is 12.0 Å². The van der Waals surface area contributed by atoms with Crippen LogP contribution in [0.15, 0.2) is 17.3 Å². The Kier molecular flexibility index (Phi) is 7.97. The van der Waals surface area contributed by atoms with Crippen LogP contribution in [0.25, 0.3) is 0 Å². The van der Waals surface area contributed by atoms with Gasteiger partial charge in [-0.25, -0.2) is 0 Å². The molecule has 0 aromatic carbocycles. The zero-order chi connectivity index (χ0) is 14.4. The van der Waals surface area contributed by atoms with Crippen molar-refractivity contribution >= 4 is 29.9 Å². The number of nitrogens with zero attached hydrogens (tertiary/aromatic N) is 4. The van der Waals surface area contributed by atoms with Crippen LogP contribution in [0.3, 0.4) is 0 Å². The van der Waals surface area contributed by atoms with E-state index in [-0.39, 0.29) is 30.1 Å². The molecule has 7 nitrogen and oxygen atoms in total. The maximum atomic E-state index is 5.71. The maximum Gasteiger partial charge on any atom is 0.191 e. The van der Waals surface area contributed by atoms with Crippen molar-refractivity contribution < 1.29 is 4.74 Å². The number of halogens is 1. The smallest absolute Gasteiger partial charge is 0.191 e. The fourth-order valence-corrected chi connectivity index (χ4v) is 2.17. The van der Waals surface area contributed by atoms with Crippen LogP contribution in [-0.2, 0) is 18.3 Å². The minimum atomic E-state index is 0. The van der Waals surface area contributed by atoms with Crippen LogP contribution in [0, 0.1) is 0 Å². The second kappa shape index (κ2) is 9.21. The number of rotatable bonds is 4. The number of aromatic nitrogens is 2. The third-order valence-electron chi connectivity index (χ3n) is 3.42. The predicted octanol–water partition coefficient (Wildman–Crippen LogP) is 0.0337. The van der Waals surface area contributed by atoms with Gasteiger partial charge in [0.1, 0.15) is 0 Å². The average Bonchev–Trinajstić information content (AvgIpc) is 2.85. The summed E-state index contributed by atoms with van der Waals surface area (Å²) in [6, 6.07) is 1.99. The first kappa shape index (κ1) is 18.2. The van der Waals surface area contributed by atoms with Gasteiger partial charge in [-0.15, -0.1) is 24.0 Å². The van der Waals surface area contributed by atoms with Crippen LogP contribution >= 0.6 is 24.0 Å². The van der Waals surface area contributed by atoms with Gasteiger partial charge in [0.05, 0.1) is 24.9 Å². The number of aryl methyl sites for hydroxylation is 1. The lowest BCUT2D eigenvalue weighted by atomic mass is 10.3. The normalized spacial score (nSPS) is 20.0. The van der Waals surface area contributed by atoms with Crippen molar-refractivity contribution in [3.8, 4) is 0 Å². The van der Waals surface area contributed by atoms with E-state index in [1.54, 1.807) is 13.2 Å². The maximum absolute atomic E-state index is 5.71. The second-order valence-corrected chi connectivity index (χ2v) is 5.01. The zero-order valence-corrected chi connectivity index (χ0v) is 15.2. The molecule has 0 saturated carbocycles. The summed E-state index contributed by atoms with van der Waals surface area (Å²) < 4.78 is 7.56. The van der Waals surface area contributed by atoms with Crippen LogP contribution in [-0.4, -0.2) is 67.1 Å². The topological polar surface area (TPSA) is 66.7 Å². The minimum Gasteiger partial charge on any atom is -0.374 e. The van der Waals surface area contributed by atoms with Crippen molar-refractivity contribution in [2.45, 2.75) is 12.6 Å². The summed E-state index contributed by atoms with van der Waals surface area (Å²) in [5, 5.41) is 10.7. The van der Waals surface area contributed by atoms with Crippen molar-refractivity contribution in [2.75, 3.05) is 40.3 Å². The van der Waals surface area contributed by atoms with Crippen LogP contribution in [0.4, 0.5) is 0 Å². The zero-order valence-electron chi connectivity index (χ0n) is 12.9. The van der Waals surface area contributed by atoms with Crippen molar-refractivity contribution in [1.29, 1.82) is 0 Å². The number of guanidine groups is 1. The lowest BCUT2D eigenvalue weighted by Crippen LogP contribution is -2.48. The molecule has 0 radical (unpaired) electrons. The van der Waals surface area contributed by atoms with Crippen LogP contribution in [0.2, 0.25) is 0 Å². The van der Waals surface area contributed by atoms with E-state index in [0.29, 0.717) is 6.54 Å². The Balaban J connectivity index is 0.00000220. The molecule has 8 heteroatoms. The molecule has 1 saturated heterocycles. The molecule has 1 aliphatic heterocycles. The molecule has 120 valence electrons. The highest BCUT2D eigenvalue weighted by atomic mass is 127. The summed E-state index contributed by atoms with van der Waals surface area (Å²) in [4.78, 5) is 6.50. The predicted molar refractivity (Wildman–Crippen MR) is 94.1 cm³/mol. The van der Waals surface area contributed by atoms with Gasteiger partial charge in [-0.05, 0) is 13.1 Å². The van der Waals surface area contributed by atoms with Gasteiger partial charge in [-0.1, -0.05) is 0 Å². The number of aliphatic imine (C=N–C) groups is 1. The Morgan fingerprint density at radius 2 is 2.29 bits per heavy atom. The molecule has 1 aromatic heterocycles. The first-order chi connectivity index (χ1) is 9.69. The van der Waals surface area contributed by atoms with Gasteiger partial charge >= 0.3 is 0 Å². The molecule has 0 spiro atoms. The fraction of sp³-hybridized carbons (Fsp3) is 0.692. The van der Waals surface area contributed by atoms with E-state index in [2.05, 4.69) is 32.7 Å². The first-order valence-corrected chi connectivity index (χ1v) is 6.90. The Labute approximate surface area is 143 Å². The second-order valence-electron chi connectivity index (χ2n) is 5.01. The summed E-state index contributed by atoms with van der Waals surface area (Å²) in [6.07, 6.45) is 2.00. The number of hydrogen-bond acceptors (Lipinski definition) is 4. The molecule has 1 aliphatic rings. The van der Waals surface area contributed by atoms with Crippen LogP contribution in [0.5, 0.6) is 0 Å². The van der Waals surface area contributed by atoms with E-state index in [1.807, 2.05) is 17.8 Å². The van der Waals surface area contributed by atoms with Crippen molar-refractivity contribution in [3.63, 3.8) is 0 Å². The van der Waals surface area contributed by atoms with Crippen molar-refractivity contribution in [3.05, 3.63) is 18.0 Å². The van der Waals surface area contributed by atoms with Crippen LogP contribution < -0.4 is 10.6 Å². The van der Waals surface area contributed by atoms with Gasteiger partial charge in [0, 0.05) is 39.9 Å². The molecule has 1 atom stereocenters. The number of morpholine rings is 1. The number of nitrogens with one attached hydrogen (secondary N) is 2. The van der Waals surface area contributed by atoms with E-state index < -0.39 is 0 Å². The fourth-order valence-electron chi connectivity index (χ4n) is 2.17. The van der Waals surface area contributed by atoms with E-state index in [9.17, 15) is 0 Å². The summed E-state index contributed by atoms with van der Waals surface area (Å²) in [7, 11) is 5.82. The molecule has 21 heavy (non-hydrogen) atoms. The van der Waals surface area contributed by atoms with E-state index >= 15 is 0 Å². The third kappa shape index (κ3) is 5.79. The van der Waals surface area contributed by atoms with Gasteiger partial charge in [0.2, 0.25) is 0 Å². The molecular formula is C13H25IN6O. The van der Waals surface area contributed by atoms with Gasteiger partial charge in [0.15, 0.2) is 5.96 Å². The molecule has 1 unspecified atom stereocenters. The Morgan fingerprint density at radius 3 is 2.90 bits per heavy atom. The summed E-state index contributed by atoms with van der Waals surface area (Å²) in [6.45, 7) is 4.20. The van der Waals surface area contributed by atoms with E-state index in [4.69, 9.17) is 4.74 Å². The number of hydrogen-bond donors (Lipinski definition) is 2. The molecule has 1 aromatic rings. The standard InChI is InChI=1S/C13H24N6O.HI/c1-14-13(15-8-11-4-5-17-19(11)3)16-9-12-10-18(2)6-7-20-12;/h4-5,12H,6-10H2,1-3H3,(H2,14,15,16);1H. The molecule has 1 fully saturated rings. The lowest BCUT2D eigenvalue weighted by Gasteiger charge is -2.30. The average molecular weight is 408 g/mol. The van der Waals surface area contributed by atoms with Crippen molar-refractivity contribution in [1.82, 2.24) is 25.3 Å². The highest BCUT2D eigenvalue weighted by Gasteiger charge is 2.17. The highest BCUT2D eigenvalue weighted by Crippen LogP contribution is 2.01. The summed E-state index contributed by atoms with van der Waals surface area (Å²) in [5.41, 5.74) is 1.11. The van der Waals surface area contributed by atoms with E-state index in [1.165, 1.54) is 0 Å². The minimum absolute atomic E-state index is 0. The largest absolute Gasteiger partial charge is 0.374 e. The SMILES string of the molecule is CN=C(NCc1ccnn1C)NCC1CN(C)CCO1.I. The van der Waals surface area contributed by atoms with Gasteiger partial charge in [-0.2, -0.15) is 5.10 Å². The molecule has 0 amide bonds. The molecule has 2 N–H and O–H groups in total. The van der Waals surface area contributed by atoms with Gasteiger partial charge in [0.25, 0.3) is 0 Å². The third-order valence-corrected chi connectivity index (χ3v) is 3.42. The first-order valence-electron chi connectivity index (χ1n) is 6.90. The van der Waals surface area contributed by atoms with E-state index in [0.717, 1.165) is 37.9 Å². The molecular weight excluding hydrogens is 383 g/mol. The Bertz CT molecular complexity index is 450. The summed E-state index contributed by atoms with van der Waals surface area (Å²) >= 11 is 0. The van der Waals surface area contributed by atoms with Gasteiger partial charge < -0.3 is 20.3 Å². The Hall–Kier alpha value is -0.870. The van der Waals surface area contributed by atoms with Gasteiger partial charge in [-0.3, -0.25) is 9.67 Å². The monoisotopic (exact) mass is 408 g/mol. The lowest BCUT2D eigenvalue weighted by molar-refractivity contribution is -0.0161. The van der Waals surface area contributed by atoms with Crippen LogP contribution in [0.1, 0.15) is 5.69 Å². The Morgan fingerprint density at radius 1 is 1.48 bits per heavy atom. The number of likely N-dealkylation sites (N-methyl/N-ethyl adjacent to an activating group) is 1. The quantitative estimate of drug-likeness (QED) is 0.418. The summed E-state index contributed by atoms with van der Waals surface area (Å²) in [5.74, 6) is 0.781. The molecule has 2 heterocycles. The highest BCUT2D eigenvalue weighted by molar-refractivity contribution is 14.0. The number of ether oxygens (including phenoxy) is 1. The molecule has 0 bridgehead atoms. The molecule has 0 aliphatic carbocycles. The molecule has 2 rings (SSSR count).